The molecule has 0 radical (unpaired) electrons. The monoisotopic (exact) mass is 359 g/mol. The Morgan fingerprint density at radius 3 is 2.71 bits per heavy atom. The van der Waals surface area contributed by atoms with Crippen LogP contribution in [0, 0.1) is 18.3 Å². The summed E-state index contributed by atoms with van der Waals surface area (Å²) in [6, 6.07) is 14.5. The minimum absolute atomic E-state index is 0.0559. The van der Waals surface area contributed by atoms with E-state index in [1.54, 1.807) is 12.1 Å². The fourth-order valence-corrected chi connectivity index (χ4v) is 2.34. The zero-order valence-corrected chi connectivity index (χ0v) is 14.4. The summed E-state index contributed by atoms with van der Waals surface area (Å²) in [4.78, 5) is 12.2. The second-order valence-corrected chi connectivity index (χ2v) is 5.90. The summed E-state index contributed by atoms with van der Waals surface area (Å²) in [5.74, 6) is -0.557. The first-order valence-corrected chi connectivity index (χ1v) is 7.91. The minimum Gasteiger partial charge on any atom is -0.386 e. The van der Waals surface area contributed by atoms with E-state index in [0.717, 1.165) is 11.1 Å². The average Bonchev–Trinajstić information content (AvgIpc) is 2.56. The molecule has 2 rings (SSSR count). The van der Waals surface area contributed by atoms with E-state index < -0.39 is 5.91 Å². The average molecular weight is 360 g/mol. The van der Waals surface area contributed by atoms with E-state index in [1.807, 2.05) is 37.3 Å². The number of hydrogen-bond donors (Lipinski definition) is 2. The fourth-order valence-electron chi connectivity index (χ4n) is 2.00. The highest BCUT2D eigenvalue weighted by atomic mass is 35.5. The molecular weight excluding hydrogens is 345 g/mol. The maximum absolute atomic E-state index is 12.2. The molecule has 0 aliphatic heterocycles. The van der Waals surface area contributed by atoms with Crippen molar-refractivity contribution >= 4 is 34.8 Å². The number of nitrogens with zero attached hydrogens (tertiary/aromatic N) is 1. The molecule has 0 heterocycles. The van der Waals surface area contributed by atoms with Crippen molar-refractivity contribution in [1.82, 2.24) is 5.32 Å². The molecule has 0 atom stereocenters. The van der Waals surface area contributed by atoms with Crippen molar-refractivity contribution in [3.8, 4) is 6.07 Å². The lowest BCUT2D eigenvalue weighted by Crippen LogP contribution is -2.17. The van der Waals surface area contributed by atoms with Crippen LogP contribution in [0.15, 0.2) is 54.2 Å². The second-order valence-electron chi connectivity index (χ2n) is 5.06. The third-order valence-corrected chi connectivity index (χ3v) is 3.91. The number of anilines is 1. The normalized spacial score (nSPS) is 10.8. The molecule has 4 nitrogen and oxygen atoms in total. The predicted octanol–water partition coefficient (Wildman–Crippen LogP) is 4.44. The summed E-state index contributed by atoms with van der Waals surface area (Å²) in [6.45, 7) is 2.52. The van der Waals surface area contributed by atoms with Crippen molar-refractivity contribution in [2.24, 2.45) is 0 Å². The van der Waals surface area contributed by atoms with E-state index in [0.29, 0.717) is 22.3 Å². The first kappa shape index (κ1) is 17.9. The van der Waals surface area contributed by atoms with Crippen LogP contribution in [-0.4, -0.2) is 5.91 Å². The fraction of sp³-hybridized carbons (Fsp3) is 0.111. The van der Waals surface area contributed by atoms with Crippen LogP contribution in [0.2, 0.25) is 10.0 Å². The lowest BCUT2D eigenvalue weighted by molar-refractivity contribution is -0.112. The first-order chi connectivity index (χ1) is 11.5. The van der Waals surface area contributed by atoms with E-state index in [-0.39, 0.29) is 5.57 Å². The molecule has 1 amide bonds. The van der Waals surface area contributed by atoms with Crippen LogP contribution < -0.4 is 10.6 Å². The molecule has 2 N–H and O–H groups in total. The Labute approximate surface area is 150 Å². The van der Waals surface area contributed by atoms with Gasteiger partial charge in [0.25, 0.3) is 5.91 Å². The van der Waals surface area contributed by atoms with E-state index in [1.165, 1.54) is 12.3 Å². The van der Waals surface area contributed by atoms with Gasteiger partial charge >= 0.3 is 0 Å². The molecule has 0 unspecified atom stereocenters. The van der Waals surface area contributed by atoms with Gasteiger partial charge in [-0.1, -0.05) is 47.5 Å². The highest BCUT2D eigenvalue weighted by molar-refractivity contribution is 6.35. The van der Waals surface area contributed by atoms with Crippen molar-refractivity contribution in [3.63, 3.8) is 0 Å². The number of aryl methyl sites for hydroxylation is 1. The molecule has 0 aliphatic carbocycles. The van der Waals surface area contributed by atoms with Gasteiger partial charge in [0.1, 0.15) is 11.6 Å². The lowest BCUT2D eigenvalue weighted by atomic mass is 10.1. The highest BCUT2D eigenvalue weighted by Gasteiger charge is 2.11. The molecule has 0 aliphatic rings. The van der Waals surface area contributed by atoms with Crippen molar-refractivity contribution in [2.75, 3.05) is 5.32 Å². The van der Waals surface area contributed by atoms with Gasteiger partial charge in [0.15, 0.2) is 0 Å². The highest BCUT2D eigenvalue weighted by Crippen LogP contribution is 2.25. The number of carbonyl (C=O) groups excluding carboxylic acids is 1. The van der Waals surface area contributed by atoms with Gasteiger partial charge in [-0.15, -0.1) is 0 Å². The molecule has 0 fully saturated rings. The molecule has 0 spiro atoms. The number of benzene rings is 2. The molecule has 0 aromatic heterocycles. The SMILES string of the molecule is Cc1ccccc1CN/C=C(/C#N)C(=O)Nc1cc(Cl)ccc1Cl. The smallest absolute Gasteiger partial charge is 0.267 e. The molecule has 0 saturated carbocycles. The van der Waals surface area contributed by atoms with Crippen molar-refractivity contribution in [3.05, 3.63) is 75.4 Å². The molecule has 24 heavy (non-hydrogen) atoms. The third kappa shape index (κ3) is 4.76. The number of hydrogen-bond acceptors (Lipinski definition) is 3. The van der Waals surface area contributed by atoms with Gasteiger partial charge in [0.05, 0.1) is 10.7 Å². The summed E-state index contributed by atoms with van der Waals surface area (Å²) in [5.41, 5.74) is 2.52. The van der Waals surface area contributed by atoms with Crippen LogP contribution in [0.1, 0.15) is 11.1 Å². The zero-order chi connectivity index (χ0) is 17.5. The summed E-state index contributed by atoms with van der Waals surface area (Å²) in [7, 11) is 0. The van der Waals surface area contributed by atoms with Crippen LogP contribution in [0.5, 0.6) is 0 Å². The Bertz CT molecular complexity index is 825. The number of nitrogens with one attached hydrogen (secondary N) is 2. The number of carbonyl (C=O) groups is 1. The zero-order valence-electron chi connectivity index (χ0n) is 12.9. The van der Waals surface area contributed by atoms with Gasteiger partial charge in [0.2, 0.25) is 0 Å². The first-order valence-electron chi connectivity index (χ1n) is 7.16. The number of amides is 1. The Morgan fingerprint density at radius 1 is 1.25 bits per heavy atom. The molecular formula is C18H15Cl2N3O. The van der Waals surface area contributed by atoms with Crippen LogP contribution in [0.25, 0.3) is 0 Å². The van der Waals surface area contributed by atoms with Gasteiger partial charge in [-0.05, 0) is 36.2 Å². The largest absolute Gasteiger partial charge is 0.386 e. The van der Waals surface area contributed by atoms with Crippen molar-refractivity contribution < 1.29 is 4.79 Å². The summed E-state index contributed by atoms with van der Waals surface area (Å²) < 4.78 is 0. The van der Waals surface area contributed by atoms with Crippen molar-refractivity contribution in [2.45, 2.75) is 13.5 Å². The molecule has 2 aromatic rings. The number of halogens is 2. The van der Waals surface area contributed by atoms with Gasteiger partial charge in [0, 0.05) is 17.8 Å². The molecule has 0 bridgehead atoms. The Kier molecular flexibility index (Phi) is 6.25. The summed E-state index contributed by atoms with van der Waals surface area (Å²) in [6.07, 6.45) is 1.39. The van der Waals surface area contributed by atoms with Crippen LogP contribution in [-0.2, 0) is 11.3 Å². The van der Waals surface area contributed by atoms with Gasteiger partial charge in [-0.25, -0.2) is 0 Å². The number of nitriles is 1. The Balaban J connectivity index is 2.05. The van der Waals surface area contributed by atoms with Gasteiger partial charge < -0.3 is 10.6 Å². The van der Waals surface area contributed by atoms with E-state index >= 15 is 0 Å². The van der Waals surface area contributed by atoms with Gasteiger partial charge in [-0.2, -0.15) is 5.26 Å². The third-order valence-electron chi connectivity index (χ3n) is 3.34. The predicted molar refractivity (Wildman–Crippen MR) is 96.8 cm³/mol. The molecule has 6 heteroatoms. The Hall–Kier alpha value is -2.48. The van der Waals surface area contributed by atoms with Crippen LogP contribution >= 0.6 is 23.2 Å². The lowest BCUT2D eigenvalue weighted by Gasteiger charge is -2.08. The van der Waals surface area contributed by atoms with E-state index in [9.17, 15) is 10.1 Å². The Morgan fingerprint density at radius 2 is 2.00 bits per heavy atom. The van der Waals surface area contributed by atoms with Crippen LogP contribution in [0.4, 0.5) is 5.69 Å². The molecule has 122 valence electrons. The van der Waals surface area contributed by atoms with Crippen LogP contribution in [0.3, 0.4) is 0 Å². The quantitative estimate of drug-likeness (QED) is 0.612. The summed E-state index contributed by atoms with van der Waals surface area (Å²) in [5, 5.41) is 15.5. The second kappa shape index (κ2) is 8.39. The molecule has 2 aromatic carbocycles. The maximum Gasteiger partial charge on any atom is 0.267 e. The van der Waals surface area contributed by atoms with Gasteiger partial charge in [-0.3, -0.25) is 4.79 Å². The number of rotatable bonds is 5. The summed E-state index contributed by atoms with van der Waals surface area (Å²) >= 11 is 11.9. The van der Waals surface area contributed by atoms with E-state index in [2.05, 4.69) is 10.6 Å². The topological polar surface area (TPSA) is 64.9 Å². The minimum atomic E-state index is -0.557. The maximum atomic E-state index is 12.2. The molecule has 0 saturated heterocycles. The van der Waals surface area contributed by atoms with Crippen molar-refractivity contribution in [1.29, 1.82) is 5.26 Å². The van der Waals surface area contributed by atoms with E-state index in [4.69, 9.17) is 23.2 Å². The standard InChI is InChI=1S/C18H15Cl2N3O/c1-12-4-2-3-5-13(12)10-22-11-14(9-21)18(24)23-17-8-15(19)6-7-16(17)20/h2-8,11,22H,10H2,1H3,(H,23,24)/b14-11-.